The van der Waals surface area contributed by atoms with Gasteiger partial charge in [-0.25, -0.2) is 0 Å². The number of nitrogens with zero attached hydrogens (tertiary/aromatic N) is 5. The zero-order chi connectivity index (χ0) is 20.5. The summed E-state index contributed by atoms with van der Waals surface area (Å²) in [6.07, 6.45) is 3.18. The summed E-state index contributed by atoms with van der Waals surface area (Å²) in [6, 6.07) is 12.3. The molecular weight excluding hydrogens is 418 g/mol. The molecule has 154 valence electrons. The van der Waals surface area contributed by atoms with E-state index < -0.39 is 0 Å². The summed E-state index contributed by atoms with van der Waals surface area (Å²) in [5, 5.41) is 20.4. The Labute approximate surface area is 182 Å². The van der Waals surface area contributed by atoms with E-state index in [2.05, 4.69) is 49.4 Å². The number of hydrogen-bond donors (Lipinski definition) is 0. The van der Waals surface area contributed by atoms with Crippen molar-refractivity contribution in [1.82, 2.24) is 25.0 Å². The van der Waals surface area contributed by atoms with Gasteiger partial charge < -0.3 is 13.7 Å². The van der Waals surface area contributed by atoms with Gasteiger partial charge in [-0.1, -0.05) is 17.8 Å². The summed E-state index contributed by atoms with van der Waals surface area (Å²) in [6.45, 7) is 2.06. The van der Waals surface area contributed by atoms with Crippen LogP contribution >= 0.6 is 23.1 Å². The number of ether oxygens (including phenoxy) is 1. The second-order valence-electron chi connectivity index (χ2n) is 7.19. The van der Waals surface area contributed by atoms with Crippen molar-refractivity contribution in [3.63, 3.8) is 0 Å². The van der Waals surface area contributed by atoms with Crippen LogP contribution in [-0.2, 0) is 6.42 Å². The zero-order valence-corrected chi connectivity index (χ0v) is 18.3. The quantitative estimate of drug-likeness (QED) is 0.350. The number of thioether (sulfide) groups is 1. The third kappa shape index (κ3) is 3.99. The average molecular weight is 440 g/mol. The Hall–Kier alpha value is -2.65. The van der Waals surface area contributed by atoms with Crippen molar-refractivity contribution < 1.29 is 9.15 Å². The molecule has 0 bridgehead atoms. The van der Waals surface area contributed by atoms with Crippen molar-refractivity contribution in [1.29, 1.82) is 0 Å². The molecule has 0 aliphatic heterocycles. The van der Waals surface area contributed by atoms with Crippen molar-refractivity contribution in [3.8, 4) is 17.2 Å². The molecule has 0 unspecified atom stereocenters. The van der Waals surface area contributed by atoms with Crippen LogP contribution in [0.25, 0.3) is 11.5 Å². The number of rotatable bonds is 8. The van der Waals surface area contributed by atoms with E-state index in [-0.39, 0.29) is 5.25 Å². The number of methoxy groups -OCH3 is 1. The van der Waals surface area contributed by atoms with E-state index in [1.54, 1.807) is 30.2 Å². The highest BCUT2D eigenvalue weighted by Crippen LogP contribution is 2.42. The highest BCUT2D eigenvalue weighted by molar-refractivity contribution is 7.99. The summed E-state index contributed by atoms with van der Waals surface area (Å²) in [7, 11) is 1.64. The first-order chi connectivity index (χ1) is 14.7. The average Bonchev–Trinajstić information content (AvgIpc) is 3.15. The lowest BCUT2D eigenvalue weighted by atomic mass is 10.2. The Bertz CT molecular complexity index is 1120. The molecule has 30 heavy (non-hydrogen) atoms. The topological polar surface area (TPSA) is 78.9 Å². The maximum absolute atomic E-state index is 5.95. The molecular formula is C21H21N5O2S2. The van der Waals surface area contributed by atoms with Gasteiger partial charge in [-0.05, 0) is 55.5 Å². The van der Waals surface area contributed by atoms with Gasteiger partial charge >= 0.3 is 0 Å². The molecule has 0 saturated heterocycles. The van der Waals surface area contributed by atoms with Crippen molar-refractivity contribution in [2.45, 2.75) is 42.6 Å². The third-order valence-corrected chi connectivity index (χ3v) is 6.89. The summed E-state index contributed by atoms with van der Waals surface area (Å²) in [5.74, 6) is 2.90. The standard InChI is InChI=1S/C21H21N5O2S2/c1-13(19-23-24-20(28-19)14-5-9-16(27-2)10-6-14)30-21-25-22-18(26(21)15-7-8-15)12-17-4-3-11-29-17/h3-6,9-11,13,15H,7-8,12H2,1-2H3/t13-/m1/s1. The molecule has 1 atom stereocenters. The fraction of sp³-hybridized carbons (Fsp3) is 0.333. The van der Waals surface area contributed by atoms with E-state index >= 15 is 0 Å². The molecule has 4 aromatic rings. The number of thiophene rings is 1. The number of aromatic nitrogens is 5. The van der Waals surface area contributed by atoms with Crippen LogP contribution in [0.5, 0.6) is 5.75 Å². The minimum Gasteiger partial charge on any atom is -0.497 e. The summed E-state index contributed by atoms with van der Waals surface area (Å²) in [4.78, 5) is 1.30. The normalized spacial score (nSPS) is 14.7. The highest BCUT2D eigenvalue weighted by Gasteiger charge is 2.31. The maximum atomic E-state index is 5.95. The second-order valence-corrected chi connectivity index (χ2v) is 9.53. The van der Waals surface area contributed by atoms with E-state index in [0.29, 0.717) is 17.8 Å². The van der Waals surface area contributed by atoms with E-state index in [1.807, 2.05) is 24.3 Å². The fourth-order valence-electron chi connectivity index (χ4n) is 3.23. The molecule has 0 radical (unpaired) electrons. The van der Waals surface area contributed by atoms with Gasteiger partial charge in [0, 0.05) is 22.9 Å². The summed E-state index contributed by atoms with van der Waals surface area (Å²) >= 11 is 3.37. The van der Waals surface area contributed by atoms with Gasteiger partial charge in [0.2, 0.25) is 11.8 Å². The Morgan fingerprint density at radius 3 is 2.70 bits per heavy atom. The smallest absolute Gasteiger partial charge is 0.247 e. The molecule has 0 N–H and O–H groups in total. The van der Waals surface area contributed by atoms with Crippen LogP contribution in [0.4, 0.5) is 0 Å². The lowest BCUT2D eigenvalue weighted by molar-refractivity contribution is 0.415. The molecule has 0 amide bonds. The van der Waals surface area contributed by atoms with Crippen molar-refractivity contribution >= 4 is 23.1 Å². The predicted octanol–water partition coefficient (Wildman–Crippen LogP) is 5.18. The molecule has 7 nitrogen and oxygen atoms in total. The lowest BCUT2D eigenvalue weighted by Gasteiger charge is -2.10. The van der Waals surface area contributed by atoms with Crippen molar-refractivity contribution in [2.75, 3.05) is 7.11 Å². The largest absolute Gasteiger partial charge is 0.497 e. The first kappa shape index (κ1) is 19.3. The monoisotopic (exact) mass is 439 g/mol. The number of benzene rings is 1. The fourth-order valence-corrected chi connectivity index (χ4v) is 4.90. The lowest BCUT2D eigenvalue weighted by Crippen LogP contribution is -2.04. The molecule has 1 fully saturated rings. The molecule has 3 heterocycles. The van der Waals surface area contributed by atoms with Crippen LogP contribution in [0.2, 0.25) is 0 Å². The summed E-state index contributed by atoms with van der Waals surface area (Å²) < 4.78 is 13.4. The van der Waals surface area contributed by atoms with Gasteiger partial charge in [0.1, 0.15) is 11.6 Å². The Morgan fingerprint density at radius 1 is 1.17 bits per heavy atom. The van der Waals surface area contributed by atoms with Gasteiger partial charge in [0.15, 0.2) is 5.16 Å². The Kier molecular flexibility index (Phi) is 5.30. The van der Waals surface area contributed by atoms with Crippen molar-refractivity contribution in [2.24, 2.45) is 0 Å². The van der Waals surface area contributed by atoms with E-state index in [9.17, 15) is 0 Å². The first-order valence-electron chi connectivity index (χ1n) is 9.82. The van der Waals surface area contributed by atoms with Crippen molar-refractivity contribution in [3.05, 3.63) is 58.4 Å². The van der Waals surface area contributed by atoms with E-state index in [4.69, 9.17) is 9.15 Å². The van der Waals surface area contributed by atoms with E-state index in [0.717, 1.165) is 28.7 Å². The van der Waals surface area contributed by atoms with Gasteiger partial charge in [-0.15, -0.1) is 31.7 Å². The molecule has 5 rings (SSSR count). The van der Waals surface area contributed by atoms with Gasteiger partial charge in [0.25, 0.3) is 0 Å². The molecule has 9 heteroatoms. The van der Waals surface area contributed by atoms with Crippen LogP contribution in [0.1, 0.15) is 47.6 Å². The Morgan fingerprint density at radius 2 is 2.00 bits per heavy atom. The second kappa shape index (κ2) is 8.23. The minimum absolute atomic E-state index is 0.0270. The molecule has 3 aromatic heterocycles. The van der Waals surface area contributed by atoms with Gasteiger partial charge in [0.05, 0.1) is 12.4 Å². The van der Waals surface area contributed by atoms with Gasteiger partial charge in [-0.2, -0.15) is 0 Å². The molecule has 1 aliphatic carbocycles. The van der Waals surface area contributed by atoms with Crippen LogP contribution in [-0.4, -0.2) is 32.1 Å². The molecule has 1 aliphatic rings. The summed E-state index contributed by atoms with van der Waals surface area (Å²) in [5.41, 5.74) is 0.867. The first-order valence-corrected chi connectivity index (χ1v) is 11.6. The van der Waals surface area contributed by atoms with Crippen LogP contribution in [0.3, 0.4) is 0 Å². The third-order valence-electron chi connectivity index (χ3n) is 4.97. The van der Waals surface area contributed by atoms with Gasteiger partial charge in [-0.3, -0.25) is 0 Å². The van der Waals surface area contributed by atoms with E-state index in [1.165, 1.54) is 17.7 Å². The predicted molar refractivity (Wildman–Crippen MR) is 116 cm³/mol. The molecule has 1 aromatic carbocycles. The number of hydrogen-bond acceptors (Lipinski definition) is 8. The molecule has 0 spiro atoms. The maximum Gasteiger partial charge on any atom is 0.247 e. The highest BCUT2D eigenvalue weighted by atomic mass is 32.2. The van der Waals surface area contributed by atoms with Crippen LogP contribution in [0, 0.1) is 0 Å². The zero-order valence-electron chi connectivity index (χ0n) is 16.7. The minimum atomic E-state index is -0.0270. The molecule has 1 saturated carbocycles. The van der Waals surface area contributed by atoms with Crippen LogP contribution in [0.15, 0.2) is 51.4 Å². The Balaban J connectivity index is 1.33. The van der Waals surface area contributed by atoms with Crippen LogP contribution < -0.4 is 4.74 Å². The SMILES string of the molecule is COc1ccc(-c2nnc([C@@H](C)Sc3nnc(Cc4cccs4)n3C3CC3)o2)cc1.